The Morgan fingerprint density at radius 3 is 2.62 bits per heavy atom. The standard InChI is InChI=1S/C16H24N2O2S/c1-2-16(13-19)5-9-18(10-6-16)15(20)12-21-11-14-3-7-17-8-4-14/h3-4,7-8,19H,2,5-6,9-13H2,1H3. The van der Waals surface area contributed by atoms with Crippen molar-refractivity contribution in [1.82, 2.24) is 9.88 Å². The molecule has 1 aliphatic heterocycles. The van der Waals surface area contributed by atoms with Crippen LogP contribution in [0, 0.1) is 5.41 Å². The van der Waals surface area contributed by atoms with Gasteiger partial charge in [-0.2, -0.15) is 0 Å². The molecule has 1 aromatic heterocycles. The lowest BCUT2D eigenvalue weighted by Crippen LogP contribution is -2.45. The quantitative estimate of drug-likeness (QED) is 0.876. The van der Waals surface area contributed by atoms with Crippen LogP contribution < -0.4 is 0 Å². The van der Waals surface area contributed by atoms with Crippen LogP contribution in [0.25, 0.3) is 0 Å². The molecule has 0 unspecified atom stereocenters. The summed E-state index contributed by atoms with van der Waals surface area (Å²) in [6.07, 6.45) is 6.38. The third kappa shape index (κ3) is 4.45. The van der Waals surface area contributed by atoms with E-state index in [4.69, 9.17) is 0 Å². The molecular formula is C16H24N2O2S. The van der Waals surface area contributed by atoms with E-state index in [-0.39, 0.29) is 17.9 Å². The van der Waals surface area contributed by atoms with Crippen molar-refractivity contribution in [2.75, 3.05) is 25.4 Å². The molecule has 0 bridgehead atoms. The van der Waals surface area contributed by atoms with Crippen molar-refractivity contribution in [3.63, 3.8) is 0 Å². The zero-order valence-electron chi connectivity index (χ0n) is 12.6. The molecule has 2 rings (SSSR count). The smallest absolute Gasteiger partial charge is 0.232 e. The zero-order valence-corrected chi connectivity index (χ0v) is 13.4. The van der Waals surface area contributed by atoms with Gasteiger partial charge >= 0.3 is 0 Å². The van der Waals surface area contributed by atoms with Gasteiger partial charge in [0.1, 0.15) is 0 Å². The number of hydrogen-bond donors (Lipinski definition) is 1. The van der Waals surface area contributed by atoms with E-state index in [0.29, 0.717) is 5.75 Å². The van der Waals surface area contributed by atoms with Crippen molar-refractivity contribution in [3.8, 4) is 0 Å². The second kappa shape index (κ2) is 7.80. The first-order valence-corrected chi connectivity index (χ1v) is 8.70. The lowest BCUT2D eigenvalue weighted by Gasteiger charge is -2.40. The maximum absolute atomic E-state index is 12.2. The lowest BCUT2D eigenvalue weighted by molar-refractivity contribution is -0.131. The summed E-state index contributed by atoms with van der Waals surface area (Å²) in [7, 11) is 0. The average molecular weight is 308 g/mol. The summed E-state index contributed by atoms with van der Waals surface area (Å²) < 4.78 is 0. The van der Waals surface area contributed by atoms with Crippen LogP contribution in [-0.4, -0.2) is 46.3 Å². The fourth-order valence-corrected chi connectivity index (χ4v) is 3.57. The van der Waals surface area contributed by atoms with Crippen LogP contribution in [0.5, 0.6) is 0 Å². The summed E-state index contributed by atoms with van der Waals surface area (Å²) in [5.74, 6) is 1.59. The minimum Gasteiger partial charge on any atom is -0.396 e. The molecule has 0 saturated carbocycles. The number of pyridine rings is 1. The van der Waals surface area contributed by atoms with Crippen LogP contribution >= 0.6 is 11.8 Å². The fraction of sp³-hybridized carbons (Fsp3) is 0.625. The van der Waals surface area contributed by atoms with E-state index in [0.717, 1.165) is 38.1 Å². The van der Waals surface area contributed by atoms with E-state index in [9.17, 15) is 9.90 Å². The topological polar surface area (TPSA) is 53.4 Å². The number of piperidine rings is 1. The van der Waals surface area contributed by atoms with E-state index in [2.05, 4.69) is 11.9 Å². The van der Waals surface area contributed by atoms with Crippen molar-refractivity contribution in [2.24, 2.45) is 5.41 Å². The highest BCUT2D eigenvalue weighted by Gasteiger charge is 2.33. The number of carbonyl (C=O) groups is 1. The van der Waals surface area contributed by atoms with Crippen molar-refractivity contribution in [2.45, 2.75) is 31.9 Å². The van der Waals surface area contributed by atoms with Crippen LogP contribution in [0.3, 0.4) is 0 Å². The van der Waals surface area contributed by atoms with Gasteiger partial charge in [-0.1, -0.05) is 6.92 Å². The Hall–Kier alpha value is -1.07. The molecule has 0 spiro atoms. The van der Waals surface area contributed by atoms with Gasteiger partial charge in [0.15, 0.2) is 0 Å². The van der Waals surface area contributed by atoms with Gasteiger partial charge in [0.05, 0.1) is 5.75 Å². The van der Waals surface area contributed by atoms with Gasteiger partial charge in [0.25, 0.3) is 0 Å². The monoisotopic (exact) mass is 308 g/mol. The molecule has 0 aliphatic carbocycles. The minimum absolute atomic E-state index is 0.0426. The molecule has 1 saturated heterocycles. The van der Waals surface area contributed by atoms with E-state index < -0.39 is 0 Å². The lowest BCUT2D eigenvalue weighted by atomic mass is 9.77. The molecule has 1 amide bonds. The van der Waals surface area contributed by atoms with E-state index in [1.165, 1.54) is 5.56 Å². The Morgan fingerprint density at radius 2 is 2.05 bits per heavy atom. The maximum Gasteiger partial charge on any atom is 0.232 e. The van der Waals surface area contributed by atoms with Crippen LogP contribution in [0.2, 0.25) is 0 Å². The first-order chi connectivity index (χ1) is 10.2. The van der Waals surface area contributed by atoms with Crippen molar-refractivity contribution in [1.29, 1.82) is 0 Å². The van der Waals surface area contributed by atoms with Gasteiger partial charge in [-0.25, -0.2) is 0 Å². The number of carbonyl (C=O) groups excluding carboxylic acids is 1. The Morgan fingerprint density at radius 1 is 1.38 bits per heavy atom. The molecule has 0 atom stereocenters. The molecule has 0 radical (unpaired) electrons. The number of nitrogens with zero attached hydrogens (tertiary/aromatic N) is 2. The molecule has 0 aromatic carbocycles. The molecule has 1 aliphatic rings. The molecule has 116 valence electrons. The van der Waals surface area contributed by atoms with Crippen molar-refractivity contribution < 1.29 is 9.90 Å². The van der Waals surface area contributed by atoms with Crippen LogP contribution in [0.4, 0.5) is 0 Å². The number of thioether (sulfide) groups is 1. The molecule has 1 fully saturated rings. The van der Waals surface area contributed by atoms with Gasteiger partial charge in [0, 0.05) is 37.8 Å². The van der Waals surface area contributed by atoms with Gasteiger partial charge in [-0.3, -0.25) is 9.78 Å². The minimum atomic E-state index is 0.0426. The van der Waals surface area contributed by atoms with E-state index >= 15 is 0 Å². The van der Waals surface area contributed by atoms with E-state index in [1.54, 1.807) is 24.2 Å². The highest BCUT2D eigenvalue weighted by molar-refractivity contribution is 7.99. The Balaban J connectivity index is 1.73. The van der Waals surface area contributed by atoms with Gasteiger partial charge in [0.2, 0.25) is 5.91 Å². The summed E-state index contributed by atoms with van der Waals surface area (Å²) in [5, 5.41) is 9.52. The average Bonchev–Trinajstić information content (AvgIpc) is 2.56. The molecule has 1 N–H and O–H groups in total. The number of aromatic nitrogens is 1. The van der Waals surface area contributed by atoms with E-state index in [1.807, 2.05) is 17.0 Å². The maximum atomic E-state index is 12.2. The summed E-state index contributed by atoms with van der Waals surface area (Å²) in [6, 6.07) is 3.96. The second-order valence-electron chi connectivity index (χ2n) is 5.74. The van der Waals surface area contributed by atoms with Gasteiger partial charge in [-0.15, -0.1) is 11.8 Å². The van der Waals surface area contributed by atoms with Crippen molar-refractivity contribution in [3.05, 3.63) is 30.1 Å². The number of rotatable bonds is 6. The molecule has 4 nitrogen and oxygen atoms in total. The number of aliphatic hydroxyl groups is 1. The SMILES string of the molecule is CCC1(CO)CCN(C(=O)CSCc2ccncc2)CC1. The Labute approximate surface area is 130 Å². The van der Waals surface area contributed by atoms with Gasteiger partial charge in [-0.05, 0) is 42.4 Å². The Kier molecular flexibility index (Phi) is 6.06. The second-order valence-corrected chi connectivity index (χ2v) is 6.73. The molecular weight excluding hydrogens is 284 g/mol. The van der Waals surface area contributed by atoms with Crippen LogP contribution in [0.1, 0.15) is 31.7 Å². The number of likely N-dealkylation sites (tertiary alicyclic amines) is 1. The normalized spacial score (nSPS) is 17.7. The first kappa shape index (κ1) is 16.3. The molecule has 2 heterocycles. The van der Waals surface area contributed by atoms with Crippen molar-refractivity contribution >= 4 is 17.7 Å². The van der Waals surface area contributed by atoms with Gasteiger partial charge < -0.3 is 10.0 Å². The summed E-state index contributed by atoms with van der Waals surface area (Å²) in [6.45, 7) is 3.92. The zero-order chi connectivity index (χ0) is 15.1. The van der Waals surface area contributed by atoms with Crippen LogP contribution in [-0.2, 0) is 10.5 Å². The number of amides is 1. The highest BCUT2D eigenvalue weighted by atomic mass is 32.2. The molecule has 5 heteroatoms. The first-order valence-electron chi connectivity index (χ1n) is 7.54. The molecule has 21 heavy (non-hydrogen) atoms. The largest absolute Gasteiger partial charge is 0.396 e. The predicted molar refractivity (Wildman–Crippen MR) is 86.0 cm³/mol. The third-order valence-corrected chi connectivity index (χ3v) is 5.49. The fourth-order valence-electron chi connectivity index (χ4n) is 2.68. The summed E-state index contributed by atoms with van der Waals surface area (Å²) in [4.78, 5) is 18.1. The predicted octanol–water partition coefficient (Wildman–Crippen LogP) is 2.33. The number of hydrogen-bond acceptors (Lipinski definition) is 4. The van der Waals surface area contributed by atoms with Crippen LogP contribution in [0.15, 0.2) is 24.5 Å². The Bertz CT molecular complexity index is 439. The highest BCUT2D eigenvalue weighted by Crippen LogP contribution is 2.34. The number of aliphatic hydroxyl groups excluding tert-OH is 1. The molecule has 1 aromatic rings. The summed E-state index contributed by atoms with van der Waals surface area (Å²) in [5.41, 5.74) is 1.24. The summed E-state index contributed by atoms with van der Waals surface area (Å²) >= 11 is 1.65. The third-order valence-electron chi connectivity index (χ3n) is 4.51.